The van der Waals surface area contributed by atoms with E-state index in [1.807, 2.05) is 0 Å². The Morgan fingerprint density at radius 1 is 1.14 bits per heavy atom. The largest absolute Gasteiger partial charge is 0 e. The molecule has 0 N–H and O–H groups in total. The van der Waals surface area contributed by atoms with Gasteiger partial charge in [0.2, 0.25) is 0 Å². The molecule has 2 heteroatoms. The maximum absolute atomic E-state index is 2.44. The van der Waals surface area contributed by atoms with E-state index in [0.29, 0.717) is 0 Å². The summed E-state index contributed by atoms with van der Waals surface area (Å²) in [5, 5.41) is 0. The van der Waals surface area contributed by atoms with E-state index in [1.54, 1.807) is 0 Å². The van der Waals surface area contributed by atoms with E-state index in [0.717, 1.165) is 3.93 Å². The molecule has 0 nitrogen and oxygen atoms in total. The summed E-state index contributed by atoms with van der Waals surface area (Å²) in [6.07, 6.45) is 0. The molecule has 0 saturated heterocycles. The molecule has 0 spiro atoms. The molecule has 0 heterocycles. The minimum absolute atomic E-state index is 0. The normalized spacial score (nSPS) is 9.43. The predicted molar refractivity (Wildman–Crippen MR) is 32.6 cm³/mol. The first-order valence-corrected chi connectivity index (χ1v) is 9.80. The van der Waals surface area contributed by atoms with Crippen LogP contribution in [0.15, 0.2) is 0 Å². The zero-order chi connectivity index (χ0) is 5.15. The fourth-order valence-corrected chi connectivity index (χ4v) is 0. The smallest absolute Gasteiger partial charge is 0 e. The summed E-state index contributed by atoms with van der Waals surface area (Å²) in [5.74, 6) is 0. The molecule has 0 atom stereocenters. The van der Waals surface area contributed by atoms with Crippen LogP contribution in [0.2, 0.25) is 13.8 Å². The minimum atomic E-state index is -0.700. The topological polar surface area (TPSA) is 0 Å². The van der Waals surface area contributed by atoms with Crippen molar-refractivity contribution in [3.05, 3.63) is 0 Å². The van der Waals surface area contributed by atoms with Gasteiger partial charge in [0.15, 0.2) is 0 Å². The first kappa shape index (κ1) is 11.7. The molecule has 0 bridgehead atoms. The Labute approximate surface area is 79.1 Å². The Bertz CT molecular complexity index is 29.1. The minimum Gasteiger partial charge on any atom is 0 e. The molecule has 0 aliphatic heterocycles. The summed E-state index contributed by atoms with van der Waals surface area (Å²) in [6, 6.07) is 0. The monoisotopic (exact) mass is 282 g/mol. The van der Waals surface area contributed by atoms with E-state index in [-0.39, 0.29) is 32.7 Å². The van der Waals surface area contributed by atoms with Crippen molar-refractivity contribution in [2.45, 2.75) is 27.7 Å². The van der Waals surface area contributed by atoms with Crippen LogP contribution in [-0.4, -0.2) is 19.8 Å². The Hall–Kier alpha value is 1.90. The predicted octanol–water partition coefficient (Wildman–Crippen LogP) is 2.15. The van der Waals surface area contributed by atoms with Crippen molar-refractivity contribution < 1.29 is 32.7 Å². The molecular weight excluding hydrogens is 268 g/mol. The van der Waals surface area contributed by atoms with E-state index in [9.17, 15) is 0 Å². The Morgan fingerprint density at radius 2 is 1.29 bits per heavy atom. The van der Waals surface area contributed by atoms with Crippen LogP contribution in [0.25, 0.3) is 0 Å². The van der Waals surface area contributed by atoms with Gasteiger partial charge < -0.3 is 0 Å². The van der Waals surface area contributed by atoms with Crippen molar-refractivity contribution in [3.8, 4) is 0 Å². The van der Waals surface area contributed by atoms with Gasteiger partial charge in [-0.1, -0.05) is 0 Å². The number of hydrogen-bond donors (Lipinski definition) is 0. The maximum atomic E-state index is 2.44. The molecule has 0 rings (SSSR count). The molecular formula is C5H13SnY. The first-order chi connectivity index (χ1) is 2.64. The van der Waals surface area contributed by atoms with Crippen molar-refractivity contribution in [3.63, 3.8) is 0 Å². The first-order valence-electron chi connectivity index (χ1n) is 2.44. The van der Waals surface area contributed by atoms with E-state index in [1.165, 1.54) is 0 Å². The van der Waals surface area contributed by atoms with E-state index >= 15 is 0 Å². The van der Waals surface area contributed by atoms with Crippen molar-refractivity contribution in [1.29, 1.82) is 0 Å². The Morgan fingerprint density at radius 3 is 1.29 bits per heavy atom. The summed E-state index contributed by atoms with van der Waals surface area (Å²) < 4.78 is 1.05. The maximum Gasteiger partial charge on any atom is 0 e. The molecule has 0 aliphatic carbocycles. The molecule has 0 aromatic heterocycles. The van der Waals surface area contributed by atoms with Crippen molar-refractivity contribution in [2.24, 2.45) is 0 Å². The second kappa shape index (κ2) is 6.03. The van der Waals surface area contributed by atoms with Crippen molar-refractivity contribution >= 4 is 19.8 Å². The zero-order valence-corrected chi connectivity index (χ0v) is 11.3. The summed E-state index contributed by atoms with van der Waals surface area (Å²) in [6.45, 7) is 4.66. The van der Waals surface area contributed by atoms with Gasteiger partial charge in [0, 0.05) is 32.7 Å². The Balaban J connectivity index is 0. The third-order valence-electron chi connectivity index (χ3n) is 1.15. The molecule has 0 unspecified atom stereocenters. The fraction of sp³-hybridized carbons (Fsp3) is 1.00. The molecule has 0 aromatic rings. The van der Waals surface area contributed by atoms with Crippen LogP contribution in [0.1, 0.15) is 13.8 Å². The molecule has 40 valence electrons. The molecule has 0 amide bonds. The van der Waals surface area contributed by atoms with Crippen LogP contribution >= 0.6 is 0 Å². The van der Waals surface area contributed by atoms with Gasteiger partial charge in [-0.2, -0.15) is 0 Å². The molecule has 0 fully saturated rings. The van der Waals surface area contributed by atoms with Gasteiger partial charge >= 0.3 is 47.4 Å². The summed E-state index contributed by atoms with van der Waals surface area (Å²) in [7, 11) is 0. The molecule has 2 radical (unpaired) electrons. The third-order valence-corrected chi connectivity index (χ3v) is 7.75. The average molecular weight is 281 g/mol. The van der Waals surface area contributed by atoms with E-state index in [2.05, 4.69) is 23.7 Å². The van der Waals surface area contributed by atoms with Gasteiger partial charge in [-0.15, -0.1) is 0 Å². The number of hydrogen-bond acceptors (Lipinski definition) is 0. The average Bonchev–Trinajstić information content (AvgIpc) is 1.36. The second-order valence-corrected chi connectivity index (χ2v) is 11.7. The van der Waals surface area contributed by atoms with Crippen molar-refractivity contribution in [1.82, 2.24) is 0 Å². The van der Waals surface area contributed by atoms with E-state index in [4.69, 9.17) is 0 Å². The summed E-state index contributed by atoms with van der Waals surface area (Å²) >= 11 is -0.700. The van der Waals surface area contributed by atoms with Crippen LogP contribution in [0, 0.1) is 0 Å². The molecule has 0 aromatic carbocycles. The van der Waals surface area contributed by atoms with Crippen LogP contribution in [-0.2, 0) is 32.7 Å². The zero-order valence-electron chi connectivity index (χ0n) is 5.65. The SMILES string of the molecule is C[CH](C)[Sn]([CH3])[CH3].[Y]. The molecule has 0 saturated carbocycles. The van der Waals surface area contributed by atoms with Gasteiger partial charge in [-0.25, -0.2) is 0 Å². The Kier molecular flexibility index (Phi) is 10.1. The molecule has 7 heavy (non-hydrogen) atoms. The van der Waals surface area contributed by atoms with Gasteiger partial charge in [0.1, 0.15) is 0 Å². The van der Waals surface area contributed by atoms with Gasteiger partial charge in [-0.3, -0.25) is 0 Å². The third kappa shape index (κ3) is 7.90. The van der Waals surface area contributed by atoms with Crippen LogP contribution in [0.5, 0.6) is 0 Å². The summed E-state index contributed by atoms with van der Waals surface area (Å²) in [4.78, 5) is 4.87. The van der Waals surface area contributed by atoms with Gasteiger partial charge in [0.25, 0.3) is 0 Å². The number of rotatable bonds is 1. The van der Waals surface area contributed by atoms with Gasteiger partial charge in [0.05, 0.1) is 0 Å². The second-order valence-electron chi connectivity index (χ2n) is 2.23. The quantitative estimate of drug-likeness (QED) is 0.646. The van der Waals surface area contributed by atoms with Crippen LogP contribution < -0.4 is 0 Å². The van der Waals surface area contributed by atoms with Crippen LogP contribution in [0.3, 0.4) is 0 Å². The standard InChI is InChI=1S/C3H7.2CH3.Sn.Y/c1-3-2;;;;/h3H,1-2H3;2*1H3;;. The van der Waals surface area contributed by atoms with Gasteiger partial charge in [-0.05, 0) is 0 Å². The van der Waals surface area contributed by atoms with Crippen LogP contribution in [0.4, 0.5) is 0 Å². The summed E-state index contributed by atoms with van der Waals surface area (Å²) in [5.41, 5.74) is 0. The van der Waals surface area contributed by atoms with E-state index < -0.39 is 19.8 Å². The van der Waals surface area contributed by atoms with Crippen molar-refractivity contribution in [2.75, 3.05) is 0 Å². The molecule has 0 aliphatic rings. The fourth-order valence-electron chi connectivity index (χ4n) is 0.